The van der Waals surface area contributed by atoms with Gasteiger partial charge in [0.15, 0.2) is 11.5 Å². The van der Waals surface area contributed by atoms with Gasteiger partial charge < -0.3 is 43.6 Å². The summed E-state index contributed by atoms with van der Waals surface area (Å²) in [4.78, 5) is 23.6. The van der Waals surface area contributed by atoms with Gasteiger partial charge in [0.25, 0.3) is 0 Å². The molecular formula is C54H69FN2O9. The van der Waals surface area contributed by atoms with Crippen LogP contribution in [0.3, 0.4) is 0 Å². The molecule has 2 saturated carbocycles. The Morgan fingerprint density at radius 2 is 1.71 bits per heavy atom. The molecule has 2 N–H and O–H groups in total. The molecule has 0 aromatic heterocycles. The normalized spacial score (nSPS) is 24.8. The molecule has 356 valence electrons. The van der Waals surface area contributed by atoms with E-state index in [1.54, 1.807) is 24.3 Å². The maximum Gasteiger partial charge on any atom is 0.239 e. The predicted octanol–water partition coefficient (Wildman–Crippen LogP) is 10.6. The molecular weight excluding hydrogens is 840 g/mol. The minimum atomic E-state index is -1.42. The molecule has 0 bridgehead atoms. The quantitative estimate of drug-likeness (QED) is 0.0610. The van der Waals surface area contributed by atoms with E-state index in [9.17, 15) is 14.6 Å². The lowest BCUT2D eigenvalue weighted by atomic mass is 9.55. The van der Waals surface area contributed by atoms with Gasteiger partial charge in [-0.25, -0.2) is 4.39 Å². The van der Waals surface area contributed by atoms with Gasteiger partial charge in [0.1, 0.15) is 35.6 Å². The summed E-state index contributed by atoms with van der Waals surface area (Å²) in [5, 5.41) is 25.1. The number of benzene rings is 3. The number of allylic oxidation sites excluding steroid dienone is 1. The molecule has 0 saturated heterocycles. The van der Waals surface area contributed by atoms with Gasteiger partial charge in [-0.2, -0.15) is 0 Å². The number of hydrogen-bond acceptors (Lipinski definition) is 10. The first-order valence-electron chi connectivity index (χ1n) is 24.3. The van der Waals surface area contributed by atoms with E-state index in [4.69, 9.17) is 33.7 Å². The summed E-state index contributed by atoms with van der Waals surface area (Å²) in [5.74, 6) is 0.636. The van der Waals surface area contributed by atoms with Crippen LogP contribution < -0.4 is 18.9 Å². The first-order chi connectivity index (χ1) is 32.0. The zero-order valence-corrected chi connectivity index (χ0v) is 39.1. The average molecular weight is 909 g/mol. The summed E-state index contributed by atoms with van der Waals surface area (Å²) >= 11 is 0. The smallest absolute Gasteiger partial charge is 0.239 e. The number of hydrogen-bond donors (Lipinski definition) is 2. The van der Waals surface area contributed by atoms with Crippen molar-refractivity contribution in [2.75, 3.05) is 26.6 Å². The van der Waals surface area contributed by atoms with Crippen LogP contribution in [0.5, 0.6) is 23.0 Å². The maximum absolute atomic E-state index is 15.3. The molecule has 2 fully saturated rings. The number of rotatable bonds is 21. The summed E-state index contributed by atoms with van der Waals surface area (Å²) < 4.78 is 47.5. The minimum Gasteiger partial charge on any atom is -0.489 e. The third-order valence-electron chi connectivity index (χ3n) is 14.2. The molecule has 2 aliphatic heterocycles. The molecule has 3 aliphatic carbocycles. The van der Waals surface area contributed by atoms with Crippen molar-refractivity contribution in [2.45, 2.75) is 141 Å². The van der Waals surface area contributed by atoms with Crippen LogP contribution in [0.1, 0.15) is 127 Å². The molecule has 0 unspecified atom stereocenters. The Morgan fingerprint density at radius 3 is 2.47 bits per heavy atom. The molecule has 0 radical (unpaired) electrons. The number of fused-ring (bicyclic) bond motifs is 3. The number of halogens is 1. The van der Waals surface area contributed by atoms with E-state index in [0.29, 0.717) is 60.2 Å². The molecule has 12 heteroatoms. The molecule has 3 aromatic rings. The molecule has 6 atom stereocenters. The number of carbonyl (C=O) groups is 1. The Hall–Kier alpha value is -4.91. The van der Waals surface area contributed by atoms with Gasteiger partial charge in [0, 0.05) is 49.6 Å². The lowest BCUT2D eigenvalue weighted by Gasteiger charge is -2.60. The van der Waals surface area contributed by atoms with Gasteiger partial charge in [-0.05, 0) is 118 Å². The lowest BCUT2D eigenvalue weighted by molar-refractivity contribution is -0.258. The Labute approximate surface area is 389 Å². The Bertz CT molecular complexity index is 2210. The van der Waals surface area contributed by atoms with E-state index in [1.165, 1.54) is 18.9 Å². The minimum absolute atomic E-state index is 0.00897. The Kier molecular flexibility index (Phi) is 15.4. The number of nitrogens with zero attached hydrogens (tertiary/aromatic N) is 2. The third kappa shape index (κ3) is 10.6. The van der Waals surface area contributed by atoms with Gasteiger partial charge in [-0.3, -0.25) is 4.79 Å². The van der Waals surface area contributed by atoms with E-state index >= 15 is 4.79 Å². The number of unbranched alkanes of at least 4 members (excludes halogenated alkanes) is 2. The molecule has 66 heavy (non-hydrogen) atoms. The van der Waals surface area contributed by atoms with Gasteiger partial charge in [-0.15, -0.1) is 6.58 Å². The molecule has 3 aromatic carbocycles. The van der Waals surface area contributed by atoms with Gasteiger partial charge >= 0.3 is 0 Å². The molecule has 0 spiro atoms. The summed E-state index contributed by atoms with van der Waals surface area (Å²) in [6, 6.07) is 17.6. The van der Waals surface area contributed by atoms with E-state index in [1.807, 2.05) is 62.1 Å². The van der Waals surface area contributed by atoms with Crippen molar-refractivity contribution in [1.82, 2.24) is 4.90 Å². The van der Waals surface area contributed by atoms with E-state index in [0.717, 1.165) is 67.4 Å². The van der Waals surface area contributed by atoms with Crippen LogP contribution in [0.4, 0.5) is 4.39 Å². The molecule has 11 nitrogen and oxygen atoms in total. The Morgan fingerprint density at radius 1 is 0.955 bits per heavy atom. The number of amides is 1. The highest BCUT2D eigenvalue weighted by molar-refractivity contribution is 6.03. The third-order valence-corrected chi connectivity index (χ3v) is 14.2. The number of oxime groups is 1. The fraction of sp³-hybridized carbons (Fsp3) is 0.556. The monoisotopic (exact) mass is 908 g/mol. The van der Waals surface area contributed by atoms with E-state index < -0.39 is 23.3 Å². The van der Waals surface area contributed by atoms with Gasteiger partial charge in [0.05, 0.1) is 18.2 Å². The van der Waals surface area contributed by atoms with Crippen molar-refractivity contribution >= 4 is 11.6 Å². The standard InChI is InChI=1S/C54H69FN2O9/c1-5-28-64-54-49(57(50(60)25-21-36-14-6-7-15-36)33-37-20-23-47-48(29-37)63-35-62-47)32-45(56-66-53(2,3)4)42-30-38(16-10-12-26-58)41(18-11-13-27-59)51(52(42)54)43-31-40(22-24-46(43)65-54)61-34-39-17-8-9-19-44(39)55/h5,8-9,17,19-20,22-24,29-31,36,38,41,49,51-52,58-59H,1,6-7,10-16,18,21,25-28,32-35H2,2-4H3/t38-,41+,49-,51+,52+,54+/m0/s1. The summed E-state index contributed by atoms with van der Waals surface area (Å²) in [5.41, 5.74) is 3.36. The number of ether oxygens (including phenoxy) is 5. The Balaban J connectivity index is 1.31. The van der Waals surface area contributed by atoms with Crippen molar-refractivity contribution in [1.29, 1.82) is 0 Å². The SMILES string of the molecule is C=CCO[C@@]12Oc3ccc(OCc4ccccc4F)cc3[C@H]3[C@H](CCCCO)[C@@H](CCCCO)C=C(C(=NOC(C)(C)C)C[C@@H]1N(Cc1ccc4c(c1)OCO4)C(=O)CCC1CCCC1)[C@H]32. The topological polar surface area (TPSA) is 129 Å². The van der Waals surface area contributed by atoms with Crippen molar-refractivity contribution in [3.8, 4) is 23.0 Å². The fourth-order valence-corrected chi connectivity index (χ4v) is 11.1. The zero-order valence-electron chi connectivity index (χ0n) is 39.1. The van der Waals surface area contributed by atoms with Crippen LogP contribution in [0.2, 0.25) is 0 Å². The summed E-state index contributed by atoms with van der Waals surface area (Å²) in [7, 11) is 0. The molecule has 1 amide bonds. The van der Waals surface area contributed by atoms with Crippen LogP contribution in [-0.2, 0) is 27.5 Å². The van der Waals surface area contributed by atoms with Crippen molar-refractivity contribution < 1.29 is 47.9 Å². The highest BCUT2D eigenvalue weighted by Gasteiger charge is 2.65. The van der Waals surface area contributed by atoms with Crippen LogP contribution in [0.25, 0.3) is 0 Å². The number of aliphatic hydroxyl groups is 2. The molecule has 2 heterocycles. The second-order valence-corrected chi connectivity index (χ2v) is 19.8. The molecule has 8 rings (SSSR count). The average Bonchev–Trinajstić information content (AvgIpc) is 4.02. The van der Waals surface area contributed by atoms with Crippen LogP contribution in [-0.4, -0.2) is 70.8 Å². The second kappa shape index (κ2) is 21.4. The number of aliphatic hydroxyl groups excluding tert-OH is 2. The van der Waals surface area contributed by atoms with Crippen LogP contribution in [0.15, 0.2) is 90.1 Å². The first-order valence-corrected chi connectivity index (χ1v) is 24.3. The van der Waals surface area contributed by atoms with Crippen molar-refractivity contribution in [3.05, 3.63) is 107 Å². The zero-order chi connectivity index (χ0) is 46.3. The maximum atomic E-state index is 15.3. The van der Waals surface area contributed by atoms with Crippen molar-refractivity contribution in [3.63, 3.8) is 0 Å². The van der Waals surface area contributed by atoms with Crippen molar-refractivity contribution in [2.24, 2.45) is 28.8 Å². The predicted molar refractivity (Wildman–Crippen MR) is 251 cm³/mol. The van der Waals surface area contributed by atoms with Crippen LogP contribution in [0, 0.1) is 29.5 Å². The highest BCUT2D eigenvalue weighted by atomic mass is 19.1. The highest BCUT2D eigenvalue weighted by Crippen LogP contribution is 2.62. The summed E-state index contributed by atoms with van der Waals surface area (Å²) in [6.45, 7) is 10.8. The first kappa shape index (κ1) is 47.6. The van der Waals surface area contributed by atoms with Gasteiger partial charge in [-0.1, -0.05) is 80.1 Å². The molecule has 5 aliphatic rings. The lowest BCUT2D eigenvalue weighted by Crippen LogP contribution is -2.70. The summed E-state index contributed by atoms with van der Waals surface area (Å²) in [6.07, 6.45) is 14.7. The largest absolute Gasteiger partial charge is 0.489 e. The van der Waals surface area contributed by atoms with Crippen LogP contribution >= 0.6 is 0 Å². The van der Waals surface area contributed by atoms with Gasteiger partial charge in [0.2, 0.25) is 18.5 Å². The fourth-order valence-electron chi connectivity index (χ4n) is 11.1. The van der Waals surface area contributed by atoms with E-state index in [2.05, 4.69) is 12.7 Å². The number of carbonyl (C=O) groups excluding carboxylic acids is 1. The van der Waals surface area contributed by atoms with E-state index in [-0.39, 0.29) is 69.2 Å². The second-order valence-electron chi connectivity index (χ2n) is 19.8.